The first kappa shape index (κ1) is 27.5. The number of hydroxylamine groups is 1. The first-order valence-corrected chi connectivity index (χ1v) is 12.2. The van der Waals surface area contributed by atoms with Crippen molar-refractivity contribution >= 4 is 23.8 Å². The van der Waals surface area contributed by atoms with Crippen LogP contribution < -0.4 is 16.2 Å². The SMILES string of the molecule is CC(C)C[C@@H](C(=O)NN(CC(C)C)C(=O)[C@@H]1CCCN1)[C@H](CC=Cc1ccccc1)C(=O)NO. The zero-order valence-electron chi connectivity index (χ0n) is 20.8. The summed E-state index contributed by atoms with van der Waals surface area (Å²) in [7, 11) is 0. The van der Waals surface area contributed by atoms with E-state index in [0.29, 0.717) is 13.0 Å². The molecule has 0 saturated carbocycles. The van der Waals surface area contributed by atoms with E-state index in [4.69, 9.17) is 0 Å². The summed E-state index contributed by atoms with van der Waals surface area (Å²) in [6.07, 6.45) is 6.10. The average Bonchev–Trinajstić information content (AvgIpc) is 3.34. The molecule has 1 aliphatic heterocycles. The van der Waals surface area contributed by atoms with E-state index < -0.39 is 17.7 Å². The van der Waals surface area contributed by atoms with Gasteiger partial charge in [-0.3, -0.25) is 30.0 Å². The Labute approximate surface area is 203 Å². The number of carbonyl (C=O) groups excluding carboxylic acids is 3. The lowest BCUT2D eigenvalue weighted by Gasteiger charge is -2.31. The summed E-state index contributed by atoms with van der Waals surface area (Å²) in [4.78, 5) is 39.2. The third-order valence-corrected chi connectivity index (χ3v) is 5.91. The van der Waals surface area contributed by atoms with E-state index in [1.54, 1.807) is 5.48 Å². The van der Waals surface area contributed by atoms with Crippen LogP contribution in [0.5, 0.6) is 0 Å². The molecule has 1 saturated heterocycles. The van der Waals surface area contributed by atoms with Gasteiger partial charge in [-0.15, -0.1) is 0 Å². The number of rotatable bonds is 11. The molecule has 1 heterocycles. The molecule has 1 aromatic rings. The molecule has 3 atom stereocenters. The lowest BCUT2D eigenvalue weighted by molar-refractivity contribution is -0.148. The van der Waals surface area contributed by atoms with Gasteiger partial charge in [-0.2, -0.15) is 0 Å². The Bertz CT molecular complexity index is 819. The van der Waals surface area contributed by atoms with E-state index in [0.717, 1.165) is 24.9 Å². The lowest BCUT2D eigenvalue weighted by Crippen LogP contribution is -2.56. The van der Waals surface area contributed by atoms with Crippen molar-refractivity contribution in [3.8, 4) is 0 Å². The highest BCUT2D eigenvalue weighted by Gasteiger charge is 2.36. The molecule has 0 spiro atoms. The Morgan fingerprint density at radius 3 is 2.35 bits per heavy atom. The quantitative estimate of drug-likeness (QED) is 0.292. The van der Waals surface area contributed by atoms with Gasteiger partial charge in [-0.1, -0.05) is 70.2 Å². The Morgan fingerprint density at radius 1 is 1.09 bits per heavy atom. The molecule has 1 aromatic carbocycles. The molecule has 8 heteroatoms. The van der Waals surface area contributed by atoms with Crippen molar-refractivity contribution in [2.75, 3.05) is 13.1 Å². The highest BCUT2D eigenvalue weighted by Crippen LogP contribution is 2.26. The third kappa shape index (κ3) is 8.57. The molecule has 0 radical (unpaired) electrons. The zero-order chi connectivity index (χ0) is 25.1. The minimum Gasteiger partial charge on any atom is -0.306 e. The van der Waals surface area contributed by atoms with Gasteiger partial charge in [0.2, 0.25) is 11.8 Å². The molecular formula is C26H40N4O4. The van der Waals surface area contributed by atoms with Gasteiger partial charge in [0.25, 0.3) is 5.91 Å². The van der Waals surface area contributed by atoms with Crippen molar-refractivity contribution in [1.29, 1.82) is 0 Å². The molecule has 2 rings (SSSR count). The highest BCUT2D eigenvalue weighted by atomic mass is 16.5. The second-order valence-electron chi connectivity index (χ2n) is 9.84. The molecule has 34 heavy (non-hydrogen) atoms. The zero-order valence-corrected chi connectivity index (χ0v) is 20.8. The third-order valence-electron chi connectivity index (χ3n) is 5.91. The van der Waals surface area contributed by atoms with Gasteiger partial charge >= 0.3 is 0 Å². The minimum absolute atomic E-state index is 0.133. The fraction of sp³-hybridized carbons (Fsp3) is 0.577. The molecule has 0 bridgehead atoms. The lowest BCUT2D eigenvalue weighted by atomic mass is 9.82. The van der Waals surface area contributed by atoms with Crippen LogP contribution in [0.4, 0.5) is 0 Å². The number of hydrazine groups is 1. The Balaban J connectivity index is 2.23. The maximum atomic E-state index is 13.5. The number of hydrogen-bond acceptors (Lipinski definition) is 5. The predicted octanol–water partition coefficient (Wildman–Crippen LogP) is 3.14. The average molecular weight is 473 g/mol. The Kier molecular flexibility index (Phi) is 11.2. The van der Waals surface area contributed by atoms with Gasteiger partial charge in [0.15, 0.2) is 0 Å². The summed E-state index contributed by atoms with van der Waals surface area (Å²) in [5.41, 5.74) is 5.53. The van der Waals surface area contributed by atoms with Crippen LogP contribution in [0.2, 0.25) is 0 Å². The smallest absolute Gasteiger partial charge is 0.258 e. The van der Waals surface area contributed by atoms with Gasteiger partial charge in [-0.25, -0.2) is 5.48 Å². The van der Waals surface area contributed by atoms with E-state index in [9.17, 15) is 19.6 Å². The largest absolute Gasteiger partial charge is 0.306 e. The molecule has 0 unspecified atom stereocenters. The first-order valence-electron chi connectivity index (χ1n) is 12.2. The molecule has 0 aliphatic carbocycles. The van der Waals surface area contributed by atoms with Gasteiger partial charge in [0.05, 0.1) is 17.9 Å². The first-order chi connectivity index (χ1) is 16.2. The Morgan fingerprint density at radius 2 is 1.79 bits per heavy atom. The predicted molar refractivity (Wildman–Crippen MR) is 132 cm³/mol. The molecule has 1 fully saturated rings. The summed E-state index contributed by atoms with van der Waals surface area (Å²) < 4.78 is 0. The van der Waals surface area contributed by atoms with Gasteiger partial charge in [0, 0.05) is 6.54 Å². The second kappa shape index (κ2) is 13.9. The van der Waals surface area contributed by atoms with Gasteiger partial charge in [-0.05, 0) is 49.6 Å². The van der Waals surface area contributed by atoms with Gasteiger partial charge < -0.3 is 5.32 Å². The summed E-state index contributed by atoms with van der Waals surface area (Å²) in [6.45, 7) is 9.08. The van der Waals surface area contributed by atoms with Crippen LogP contribution in [0.15, 0.2) is 36.4 Å². The van der Waals surface area contributed by atoms with Crippen LogP contribution in [-0.4, -0.2) is 47.1 Å². The van der Waals surface area contributed by atoms with Crippen LogP contribution in [0.3, 0.4) is 0 Å². The standard InChI is InChI=1S/C26H40N4O4/c1-18(2)16-22(21(25(32)29-34)13-8-12-20-10-6-5-7-11-20)24(31)28-30(17-19(3)4)26(33)23-14-9-15-27-23/h5-8,10-12,18-19,21-23,27,34H,9,13-17H2,1-4H3,(H,28,31)(H,29,32)/t21-,22+,23-/m0/s1. The fourth-order valence-corrected chi connectivity index (χ4v) is 4.27. The van der Waals surface area contributed by atoms with Crippen LogP contribution in [0.25, 0.3) is 6.08 Å². The number of nitrogens with zero attached hydrogens (tertiary/aromatic N) is 1. The van der Waals surface area contributed by atoms with Crippen molar-refractivity contribution < 1.29 is 19.6 Å². The summed E-state index contributed by atoms with van der Waals surface area (Å²) in [5, 5.41) is 14.0. The monoisotopic (exact) mass is 472 g/mol. The number of benzene rings is 1. The molecule has 0 aromatic heterocycles. The molecular weight excluding hydrogens is 432 g/mol. The molecule has 8 nitrogen and oxygen atoms in total. The van der Waals surface area contributed by atoms with E-state index in [1.807, 2.05) is 70.2 Å². The molecule has 3 amide bonds. The normalized spacial score (nSPS) is 17.7. The summed E-state index contributed by atoms with van der Waals surface area (Å²) >= 11 is 0. The van der Waals surface area contributed by atoms with E-state index in [1.165, 1.54) is 5.01 Å². The molecule has 4 N–H and O–H groups in total. The van der Waals surface area contributed by atoms with Crippen molar-refractivity contribution in [3.63, 3.8) is 0 Å². The second-order valence-corrected chi connectivity index (χ2v) is 9.84. The maximum Gasteiger partial charge on any atom is 0.258 e. The number of amides is 3. The number of nitrogens with one attached hydrogen (secondary N) is 3. The van der Waals surface area contributed by atoms with E-state index in [2.05, 4.69) is 10.7 Å². The van der Waals surface area contributed by atoms with Crippen LogP contribution in [0, 0.1) is 23.7 Å². The van der Waals surface area contributed by atoms with Crippen LogP contribution >= 0.6 is 0 Å². The topological polar surface area (TPSA) is 111 Å². The summed E-state index contributed by atoms with van der Waals surface area (Å²) in [6, 6.07) is 9.35. The summed E-state index contributed by atoms with van der Waals surface area (Å²) in [5.74, 6) is -2.37. The van der Waals surface area contributed by atoms with Crippen molar-refractivity contribution in [2.24, 2.45) is 23.7 Å². The van der Waals surface area contributed by atoms with E-state index >= 15 is 0 Å². The van der Waals surface area contributed by atoms with E-state index in [-0.39, 0.29) is 36.1 Å². The molecule has 1 aliphatic rings. The number of allylic oxidation sites excluding steroid dienone is 1. The fourth-order valence-electron chi connectivity index (χ4n) is 4.27. The van der Waals surface area contributed by atoms with Crippen molar-refractivity contribution in [2.45, 2.75) is 59.4 Å². The minimum atomic E-state index is -0.784. The number of carbonyl (C=O) groups is 3. The molecule has 188 valence electrons. The Hall–Kier alpha value is -2.71. The van der Waals surface area contributed by atoms with Crippen LogP contribution in [-0.2, 0) is 14.4 Å². The highest BCUT2D eigenvalue weighted by molar-refractivity contribution is 5.90. The number of hydrogen-bond donors (Lipinski definition) is 4. The maximum absolute atomic E-state index is 13.5. The van der Waals surface area contributed by atoms with Crippen molar-refractivity contribution in [3.05, 3.63) is 42.0 Å². The van der Waals surface area contributed by atoms with Crippen molar-refractivity contribution in [1.82, 2.24) is 21.2 Å². The van der Waals surface area contributed by atoms with Crippen LogP contribution in [0.1, 0.15) is 58.9 Å². The van der Waals surface area contributed by atoms with Gasteiger partial charge in [0.1, 0.15) is 0 Å².